The van der Waals surface area contributed by atoms with Gasteiger partial charge in [0.05, 0.1) is 0 Å². The monoisotopic (exact) mass is 500 g/mol. The lowest BCUT2D eigenvalue weighted by Gasteiger charge is -2.43. The lowest BCUT2D eigenvalue weighted by Crippen LogP contribution is -2.58. The molecule has 6 nitrogen and oxygen atoms in total. The average molecular weight is 501 g/mol. The van der Waals surface area contributed by atoms with Crippen molar-refractivity contribution in [2.75, 3.05) is 26.2 Å². The van der Waals surface area contributed by atoms with Crippen molar-refractivity contribution in [2.45, 2.75) is 83.8 Å². The Bertz CT molecular complexity index is 865. The number of halogens is 1. The molecule has 7 heteroatoms. The molecule has 1 heterocycles. The Kier molecular flexibility index (Phi) is 9.40. The maximum Gasteiger partial charge on any atom is 0.242 e. The number of amides is 2. The minimum absolute atomic E-state index is 0.000859. The molecule has 0 radical (unpaired) electrons. The summed E-state index contributed by atoms with van der Waals surface area (Å²) in [6.45, 7) is 8.09. The number of hydrogen-bond donors (Lipinski definition) is 2. The highest BCUT2D eigenvalue weighted by molar-refractivity contribution is 5.89. The SMILES string of the molecule is CC(C)CN(Cc1ccc(F)cc1)C1CCN(C(=O)C2CC2)[C@@H](C(=O)NCC2CCC(CN)CC2)C1. The van der Waals surface area contributed by atoms with Crippen molar-refractivity contribution >= 4 is 11.8 Å². The van der Waals surface area contributed by atoms with E-state index < -0.39 is 6.04 Å². The molecule has 1 unspecified atom stereocenters. The van der Waals surface area contributed by atoms with Crippen LogP contribution in [0.3, 0.4) is 0 Å². The second kappa shape index (κ2) is 12.5. The number of nitrogens with zero attached hydrogens (tertiary/aromatic N) is 2. The van der Waals surface area contributed by atoms with Gasteiger partial charge in [-0.25, -0.2) is 4.39 Å². The largest absolute Gasteiger partial charge is 0.354 e. The first kappa shape index (κ1) is 27.1. The van der Waals surface area contributed by atoms with Crippen LogP contribution in [-0.4, -0.2) is 59.9 Å². The van der Waals surface area contributed by atoms with Crippen LogP contribution in [0.4, 0.5) is 4.39 Å². The Morgan fingerprint density at radius 2 is 1.72 bits per heavy atom. The summed E-state index contributed by atoms with van der Waals surface area (Å²) in [5.41, 5.74) is 6.91. The van der Waals surface area contributed by atoms with Crippen LogP contribution in [0.5, 0.6) is 0 Å². The molecule has 0 bridgehead atoms. The number of hydrogen-bond acceptors (Lipinski definition) is 4. The Hall–Kier alpha value is -1.99. The molecular weight excluding hydrogens is 455 g/mol. The zero-order chi connectivity index (χ0) is 25.7. The van der Waals surface area contributed by atoms with Gasteiger partial charge in [-0.3, -0.25) is 14.5 Å². The summed E-state index contributed by atoms with van der Waals surface area (Å²) in [6.07, 6.45) is 7.91. The fraction of sp³-hybridized carbons (Fsp3) is 0.724. The first-order valence-corrected chi connectivity index (χ1v) is 14.1. The molecule has 3 N–H and O–H groups in total. The number of carbonyl (C=O) groups is 2. The highest BCUT2D eigenvalue weighted by Crippen LogP contribution is 2.34. The van der Waals surface area contributed by atoms with Gasteiger partial charge < -0.3 is 16.0 Å². The quantitative estimate of drug-likeness (QED) is 0.510. The maximum atomic E-state index is 13.5. The summed E-state index contributed by atoms with van der Waals surface area (Å²) in [4.78, 5) is 30.9. The van der Waals surface area contributed by atoms with Crippen LogP contribution in [0.2, 0.25) is 0 Å². The summed E-state index contributed by atoms with van der Waals surface area (Å²) in [7, 11) is 0. The van der Waals surface area contributed by atoms with E-state index in [-0.39, 0.29) is 29.6 Å². The number of nitrogens with one attached hydrogen (secondary N) is 1. The Morgan fingerprint density at radius 3 is 2.33 bits per heavy atom. The van der Waals surface area contributed by atoms with Crippen LogP contribution in [0.1, 0.15) is 70.8 Å². The number of benzene rings is 1. The molecule has 1 aromatic rings. The average Bonchev–Trinajstić information content (AvgIpc) is 3.73. The summed E-state index contributed by atoms with van der Waals surface area (Å²) in [5.74, 6) is 1.62. The van der Waals surface area contributed by atoms with E-state index in [0.29, 0.717) is 37.3 Å². The normalized spacial score (nSPS) is 26.9. The molecule has 3 fully saturated rings. The molecule has 1 aliphatic heterocycles. The van der Waals surface area contributed by atoms with Gasteiger partial charge in [-0.2, -0.15) is 0 Å². The van der Waals surface area contributed by atoms with Crippen LogP contribution < -0.4 is 11.1 Å². The first-order valence-electron chi connectivity index (χ1n) is 14.1. The summed E-state index contributed by atoms with van der Waals surface area (Å²) < 4.78 is 13.5. The smallest absolute Gasteiger partial charge is 0.242 e. The van der Waals surface area contributed by atoms with Crippen LogP contribution in [0.15, 0.2) is 24.3 Å². The number of rotatable bonds is 10. The molecule has 2 aliphatic carbocycles. The van der Waals surface area contributed by atoms with E-state index in [1.807, 2.05) is 17.0 Å². The van der Waals surface area contributed by atoms with Crippen LogP contribution >= 0.6 is 0 Å². The molecule has 36 heavy (non-hydrogen) atoms. The Balaban J connectivity index is 1.43. The van der Waals surface area contributed by atoms with Gasteiger partial charge in [0.1, 0.15) is 11.9 Å². The Labute approximate surface area is 216 Å². The van der Waals surface area contributed by atoms with Crippen molar-refractivity contribution in [1.29, 1.82) is 0 Å². The van der Waals surface area contributed by atoms with Gasteiger partial charge in [0, 0.05) is 38.1 Å². The van der Waals surface area contributed by atoms with E-state index in [0.717, 1.165) is 70.1 Å². The number of carbonyl (C=O) groups excluding carboxylic acids is 2. The van der Waals surface area contributed by atoms with Crippen LogP contribution in [-0.2, 0) is 16.1 Å². The highest BCUT2D eigenvalue weighted by atomic mass is 19.1. The molecule has 4 rings (SSSR count). The van der Waals surface area contributed by atoms with Crippen LogP contribution in [0.25, 0.3) is 0 Å². The molecule has 1 saturated heterocycles. The molecule has 3 aliphatic rings. The van der Waals surface area contributed by atoms with Gasteiger partial charge in [-0.15, -0.1) is 0 Å². The predicted octanol–water partition coefficient (Wildman–Crippen LogP) is 3.93. The van der Waals surface area contributed by atoms with Gasteiger partial charge >= 0.3 is 0 Å². The number of nitrogens with two attached hydrogens (primary N) is 1. The minimum Gasteiger partial charge on any atom is -0.354 e. The van der Waals surface area contributed by atoms with Gasteiger partial charge in [0.25, 0.3) is 0 Å². The fourth-order valence-electron chi connectivity index (χ4n) is 6.03. The molecular formula is C29H45FN4O2. The lowest BCUT2D eigenvalue weighted by molar-refractivity contribution is -0.145. The predicted molar refractivity (Wildman–Crippen MR) is 140 cm³/mol. The number of likely N-dealkylation sites (tertiary alicyclic amines) is 1. The van der Waals surface area contributed by atoms with Crippen molar-refractivity contribution < 1.29 is 14.0 Å². The van der Waals surface area contributed by atoms with Gasteiger partial charge in [0.15, 0.2) is 0 Å². The van der Waals surface area contributed by atoms with E-state index >= 15 is 0 Å². The van der Waals surface area contributed by atoms with Crippen molar-refractivity contribution in [2.24, 2.45) is 29.4 Å². The van der Waals surface area contributed by atoms with Crippen molar-refractivity contribution in [1.82, 2.24) is 15.1 Å². The third-order valence-corrected chi connectivity index (χ3v) is 8.37. The van der Waals surface area contributed by atoms with Gasteiger partial charge in [0.2, 0.25) is 11.8 Å². The second-order valence-corrected chi connectivity index (χ2v) is 11.8. The topological polar surface area (TPSA) is 78.7 Å². The number of piperidine rings is 1. The zero-order valence-electron chi connectivity index (χ0n) is 22.1. The third kappa shape index (κ3) is 7.28. The van der Waals surface area contributed by atoms with Crippen LogP contribution in [0, 0.1) is 29.5 Å². The fourth-order valence-corrected chi connectivity index (χ4v) is 6.03. The molecule has 2 saturated carbocycles. The molecule has 2 amide bonds. The van der Waals surface area contributed by atoms with Gasteiger partial charge in [-0.05, 0) is 93.4 Å². The minimum atomic E-state index is -0.417. The summed E-state index contributed by atoms with van der Waals surface area (Å²) in [5, 5.41) is 3.23. The molecule has 1 aromatic carbocycles. The van der Waals surface area contributed by atoms with Crippen molar-refractivity contribution in [3.05, 3.63) is 35.6 Å². The van der Waals surface area contributed by atoms with Crippen molar-refractivity contribution in [3.8, 4) is 0 Å². The Morgan fingerprint density at radius 1 is 1.06 bits per heavy atom. The second-order valence-electron chi connectivity index (χ2n) is 11.8. The molecule has 2 atom stereocenters. The maximum absolute atomic E-state index is 13.5. The summed E-state index contributed by atoms with van der Waals surface area (Å²) in [6, 6.07) is 6.50. The van der Waals surface area contributed by atoms with Crippen molar-refractivity contribution in [3.63, 3.8) is 0 Å². The zero-order valence-corrected chi connectivity index (χ0v) is 22.1. The molecule has 200 valence electrons. The standard InChI is InChI=1S/C29H45FN4O2/c1-20(2)18-33(19-23-7-11-25(30)12-8-23)26-13-14-34(29(36)24-9-10-24)27(15-26)28(35)32-17-22-5-3-21(16-31)4-6-22/h7-8,11-12,20-22,24,26-27H,3-6,9-10,13-19,31H2,1-2H3,(H,32,35)/t21?,22?,26?,27-/m1/s1. The van der Waals surface area contributed by atoms with Gasteiger partial charge in [-0.1, -0.05) is 26.0 Å². The van der Waals surface area contributed by atoms with E-state index in [1.54, 1.807) is 0 Å². The lowest BCUT2D eigenvalue weighted by atomic mass is 9.82. The van der Waals surface area contributed by atoms with E-state index in [2.05, 4.69) is 24.1 Å². The summed E-state index contributed by atoms with van der Waals surface area (Å²) >= 11 is 0. The third-order valence-electron chi connectivity index (χ3n) is 8.37. The van der Waals surface area contributed by atoms with E-state index in [9.17, 15) is 14.0 Å². The molecule has 0 aromatic heterocycles. The first-order chi connectivity index (χ1) is 17.3. The molecule has 0 spiro atoms. The van der Waals surface area contributed by atoms with E-state index in [1.165, 1.54) is 12.1 Å². The van der Waals surface area contributed by atoms with E-state index in [4.69, 9.17) is 5.73 Å². The highest BCUT2D eigenvalue weighted by Gasteiger charge is 2.43.